The normalized spacial score (nSPS) is 12.3. The minimum atomic E-state index is -3.83. The maximum atomic E-state index is 12.6. The second-order valence-corrected chi connectivity index (χ2v) is 7.98. The van der Waals surface area contributed by atoms with Crippen molar-refractivity contribution in [3.63, 3.8) is 0 Å². The number of nitrogens with one attached hydrogen (secondary N) is 2. The van der Waals surface area contributed by atoms with Crippen LogP contribution in [0.4, 0.5) is 0 Å². The van der Waals surface area contributed by atoms with Crippen LogP contribution in [-0.2, 0) is 21.4 Å². The van der Waals surface area contributed by atoms with E-state index < -0.39 is 22.0 Å². The summed E-state index contributed by atoms with van der Waals surface area (Å²) in [6.45, 7) is 5.92. The fraction of sp³-hybridized carbons (Fsp3) is 0.350. The number of hydrogen-bond donors (Lipinski definition) is 2. The Morgan fingerprint density at radius 3 is 2.39 bits per heavy atom. The maximum absolute atomic E-state index is 12.6. The number of carbonyl (C=O) groups excluding carboxylic acids is 1. The number of aryl methyl sites for hydroxylation is 1. The van der Waals surface area contributed by atoms with Gasteiger partial charge in [0.1, 0.15) is 11.5 Å². The lowest BCUT2D eigenvalue weighted by Crippen LogP contribution is -2.44. The standard InChI is InChI=1S/C20H26N2O5S/c1-5-27-19-11-10-18(12-14(19)2)28(24,25)22-15(3)20(23)21-13-16-6-8-17(26-4)9-7-16/h6-12,15,22H,5,13H2,1-4H3,(H,21,23)/t15-/m1/s1. The molecule has 0 aliphatic carbocycles. The van der Waals surface area contributed by atoms with Gasteiger partial charge in [0, 0.05) is 6.54 Å². The van der Waals surface area contributed by atoms with Crippen molar-refractivity contribution in [2.75, 3.05) is 13.7 Å². The Morgan fingerprint density at radius 2 is 1.82 bits per heavy atom. The van der Waals surface area contributed by atoms with Crippen molar-refractivity contribution >= 4 is 15.9 Å². The van der Waals surface area contributed by atoms with E-state index in [0.717, 1.165) is 11.3 Å². The van der Waals surface area contributed by atoms with Gasteiger partial charge in [-0.2, -0.15) is 4.72 Å². The molecule has 2 aromatic carbocycles. The predicted octanol–water partition coefficient (Wildman–Crippen LogP) is 2.39. The second-order valence-electron chi connectivity index (χ2n) is 6.27. The number of rotatable bonds is 9. The van der Waals surface area contributed by atoms with Crippen LogP contribution >= 0.6 is 0 Å². The summed E-state index contributed by atoms with van der Waals surface area (Å²) in [4.78, 5) is 12.4. The van der Waals surface area contributed by atoms with Crippen molar-refractivity contribution in [2.24, 2.45) is 0 Å². The van der Waals surface area contributed by atoms with Gasteiger partial charge >= 0.3 is 0 Å². The molecule has 0 aliphatic heterocycles. The average molecular weight is 407 g/mol. The molecule has 0 saturated heterocycles. The molecule has 1 amide bonds. The first-order chi connectivity index (χ1) is 13.3. The molecule has 0 saturated carbocycles. The van der Waals surface area contributed by atoms with Gasteiger partial charge in [0.25, 0.3) is 0 Å². The maximum Gasteiger partial charge on any atom is 0.241 e. The molecule has 0 radical (unpaired) electrons. The average Bonchev–Trinajstić information content (AvgIpc) is 2.67. The Kier molecular flexibility index (Phi) is 7.42. The predicted molar refractivity (Wildman–Crippen MR) is 107 cm³/mol. The van der Waals surface area contributed by atoms with Crippen LogP contribution < -0.4 is 19.5 Å². The van der Waals surface area contributed by atoms with Crippen molar-refractivity contribution in [3.8, 4) is 11.5 Å². The fourth-order valence-corrected chi connectivity index (χ4v) is 3.83. The van der Waals surface area contributed by atoms with Gasteiger partial charge in [-0.15, -0.1) is 0 Å². The van der Waals surface area contributed by atoms with E-state index in [2.05, 4.69) is 10.0 Å². The third-order valence-electron chi connectivity index (χ3n) is 4.11. The molecule has 0 aliphatic rings. The topological polar surface area (TPSA) is 93.7 Å². The number of ether oxygens (including phenoxy) is 2. The van der Waals surface area contributed by atoms with Gasteiger partial charge in [-0.25, -0.2) is 8.42 Å². The van der Waals surface area contributed by atoms with Crippen molar-refractivity contribution in [3.05, 3.63) is 53.6 Å². The molecule has 2 aromatic rings. The van der Waals surface area contributed by atoms with Crippen LogP contribution in [0.25, 0.3) is 0 Å². The smallest absolute Gasteiger partial charge is 0.241 e. The molecule has 28 heavy (non-hydrogen) atoms. The van der Waals surface area contributed by atoms with Gasteiger partial charge in [0.15, 0.2) is 0 Å². The highest BCUT2D eigenvalue weighted by molar-refractivity contribution is 7.89. The van der Waals surface area contributed by atoms with Crippen LogP contribution in [0.1, 0.15) is 25.0 Å². The van der Waals surface area contributed by atoms with Gasteiger partial charge < -0.3 is 14.8 Å². The number of methoxy groups -OCH3 is 1. The van der Waals surface area contributed by atoms with E-state index in [0.29, 0.717) is 17.9 Å². The van der Waals surface area contributed by atoms with Crippen LogP contribution in [0.5, 0.6) is 11.5 Å². The molecular weight excluding hydrogens is 380 g/mol. The molecular formula is C20H26N2O5S. The zero-order chi connectivity index (χ0) is 20.7. The van der Waals surface area contributed by atoms with Crippen LogP contribution in [0.2, 0.25) is 0 Å². The minimum Gasteiger partial charge on any atom is -0.497 e. The molecule has 0 unspecified atom stereocenters. The molecule has 0 bridgehead atoms. The highest BCUT2D eigenvalue weighted by Crippen LogP contribution is 2.22. The number of amides is 1. The van der Waals surface area contributed by atoms with Crippen LogP contribution in [0, 0.1) is 6.92 Å². The number of hydrogen-bond acceptors (Lipinski definition) is 5. The summed E-state index contributed by atoms with van der Waals surface area (Å²) in [6.07, 6.45) is 0. The van der Waals surface area contributed by atoms with Crippen molar-refractivity contribution < 1.29 is 22.7 Å². The van der Waals surface area contributed by atoms with Gasteiger partial charge in [0.05, 0.1) is 24.7 Å². The number of carbonyl (C=O) groups is 1. The summed E-state index contributed by atoms with van der Waals surface area (Å²) >= 11 is 0. The Hall–Kier alpha value is -2.58. The van der Waals surface area contributed by atoms with E-state index in [1.165, 1.54) is 19.1 Å². The van der Waals surface area contributed by atoms with Crippen LogP contribution in [0.3, 0.4) is 0 Å². The van der Waals surface area contributed by atoms with Crippen molar-refractivity contribution in [1.29, 1.82) is 0 Å². The Balaban J connectivity index is 1.98. The monoisotopic (exact) mass is 406 g/mol. The molecule has 8 heteroatoms. The highest BCUT2D eigenvalue weighted by atomic mass is 32.2. The first kappa shape index (κ1) is 21.7. The largest absolute Gasteiger partial charge is 0.497 e. The zero-order valence-corrected chi connectivity index (χ0v) is 17.3. The molecule has 0 heterocycles. The van der Waals surface area contributed by atoms with E-state index in [1.807, 2.05) is 19.1 Å². The molecule has 2 N–H and O–H groups in total. The molecule has 152 valence electrons. The zero-order valence-electron chi connectivity index (χ0n) is 16.5. The van der Waals surface area contributed by atoms with Gasteiger partial charge in [0.2, 0.25) is 15.9 Å². The molecule has 1 atom stereocenters. The third-order valence-corrected chi connectivity index (χ3v) is 5.65. The molecule has 0 aromatic heterocycles. The van der Waals surface area contributed by atoms with E-state index in [-0.39, 0.29) is 11.4 Å². The van der Waals surface area contributed by atoms with Crippen LogP contribution in [-0.4, -0.2) is 34.1 Å². The van der Waals surface area contributed by atoms with Gasteiger partial charge in [-0.1, -0.05) is 12.1 Å². The SMILES string of the molecule is CCOc1ccc(S(=O)(=O)N[C@H](C)C(=O)NCc2ccc(OC)cc2)cc1C. The molecule has 7 nitrogen and oxygen atoms in total. The van der Waals surface area contributed by atoms with Gasteiger partial charge in [-0.3, -0.25) is 4.79 Å². The third kappa shape index (κ3) is 5.71. The summed E-state index contributed by atoms with van der Waals surface area (Å²) < 4.78 is 38.1. The Morgan fingerprint density at radius 1 is 1.14 bits per heavy atom. The van der Waals surface area contributed by atoms with Crippen molar-refractivity contribution in [1.82, 2.24) is 10.0 Å². The van der Waals surface area contributed by atoms with Crippen molar-refractivity contribution in [2.45, 2.75) is 38.3 Å². The van der Waals surface area contributed by atoms with Crippen LogP contribution in [0.15, 0.2) is 47.4 Å². The fourth-order valence-electron chi connectivity index (χ4n) is 2.55. The summed E-state index contributed by atoms with van der Waals surface area (Å²) in [5.41, 5.74) is 1.59. The lowest BCUT2D eigenvalue weighted by Gasteiger charge is -2.15. The Bertz CT molecular complexity index is 911. The molecule has 2 rings (SSSR count). The minimum absolute atomic E-state index is 0.0863. The number of sulfonamides is 1. The van der Waals surface area contributed by atoms with Gasteiger partial charge in [-0.05, 0) is 62.2 Å². The molecule has 0 spiro atoms. The second kappa shape index (κ2) is 9.57. The lowest BCUT2D eigenvalue weighted by molar-refractivity contribution is -0.122. The van der Waals surface area contributed by atoms with E-state index >= 15 is 0 Å². The summed E-state index contributed by atoms with van der Waals surface area (Å²) in [7, 11) is -2.25. The summed E-state index contributed by atoms with van der Waals surface area (Å²) in [5, 5.41) is 2.72. The quantitative estimate of drug-likeness (QED) is 0.667. The van der Waals surface area contributed by atoms with E-state index in [1.54, 1.807) is 32.2 Å². The molecule has 0 fully saturated rings. The summed E-state index contributed by atoms with van der Waals surface area (Å²) in [5.74, 6) is 0.940. The van der Waals surface area contributed by atoms with E-state index in [4.69, 9.17) is 9.47 Å². The lowest BCUT2D eigenvalue weighted by atomic mass is 10.2. The first-order valence-corrected chi connectivity index (χ1v) is 10.4. The summed E-state index contributed by atoms with van der Waals surface area (Å²) in [6, 6.07) is 10.9. The number of benzene rings is 2. The highest BCUT2D eigenvalue weighted by Gasteiger charge is 2.22. The Labute approximate surface area is 166 Å². The first-order valence-electron chi connectivity index (χ1n) is 8.93. The van der Waals surface area contributed by atoms with E-state index in [9.17, 15) is 13.2 Å².